The van der Waals surface area contributed by atoms with Crippen LogP contribution in [0.25, 0.3) is 0 Å². The summed E-state index contributed by atoms with van der Waals surface area (Å²) in [7, 11) is -1.94. The number of nitrogens with zero attached hydrogens (tertiary/aromatic N) is 2. The van der Waals surface area contributed by atoms with Crippen molar-refractivity contribution < 1.29 is 17.9 Å². The molecule has 0 bridgehead atoms. The average Bonchev–Trinajstić information content (AvgIpc) is 2.49. The summed E-state index contributed by atoms with van der Waals surface area (Å²) < 4.78 is 31.1. The fourth-order valence-electron chi connectivity index (χ4n) is 2.33. The van der Waals surface area contributed by atoms with Gasteiger partial charge in [0.05, 0.1) is 11.4 Å². The number of methoxy groups -OCH3 is 1. The maximum atomic E-state index is 12.4. The smallest absolute Gasteiger partial charge is 0.243 e. The molecule has 2 rings (SSSR count). The van der Waals surface area contributed by atoms with Crippen molar-refractivity contribution in [2.24, 2.45) is 0 Å². The normalized spacial score (nSPS) is 17.8. The van der Waals surface area contributed by atoms with E-state index in [1.807, 2.05) is 4.90 Å². The lowest BCUT2D eigenvalue weighted by molar-refractivity contribution is -0.124. The first kappa shape index (κ1) is 16.1. The van der Waals surface area contributed by atoms with Crippen molar-refractivity contribution in [1.29, 1.82) is 0 Å². The topological polar surface area (TPSA) is 66.9 Å². The molecule has 7 heteroatoms. The standard InChI is InChI=1S/C14H20N2O4S/c1-20-12-13(17)11-15-7-9-16(10-8-15)21(18,19)14-5-3-2-4-6-14/h2-6H,7-12H2,1H3. The fourth-order valence-corrected chi connectivity index (χ4v) is 3.77. The van der Waals surface area contributed by atoms with Crippen molar-refractivity contribution in [3.05, 3.63) is 30.3 Å². The third-order valence-electron chi connectivity index (χ3n) is 3.42. The Bertz CT molecular complexity index is 566. The molecular weight excluding hydrogens is 292 g/mol. The van der Waals surface area contributed by atoms with Gasteiger partial charge in [0.2, 0.25) is 10.0 Å². The lowest BCUT2D eigenvalue weighted by Gasteiger charge is -2.33. The van der Waals surface area contributed by atoms with Gasteiger partial charge < -0.3 is 4.74 Å². The number of ether oxygens (including phenoxy) is 1. The van der Waals surface area contributed by atoms with E-state index in [-0.39, 0.29) is 12.4 Å². The van der Waals surface area contributed by atoms with Crippen molar-refractivity contribution in [1.82, 2.24) is 9.21 Å². The lowest BCUT2D eigenvalue weighted by atomic mass is 10.3. The van der Waals surface area contributed by atoms with Crippen LogP contribution in [-0.4, -0.2) is 69.8 Å². The molecule has 0 spiro atoms. The zero-order chi connectivity index (χ0) is 15.3. The van der Waals surface area contributed by atoms with Gasteiger partial charge in [-0.2, -0.15) is 4.31 Å². The van der Waals surface area contributed by atoms with Gasteiger partial charge in [0.1, 0.15) is 6.61 Å². The van der Waals surface area contributed by atoms with Crippen LogP contribution in [0.5, 0.6) is 0 Å². The minimum Gasteiger partial charge on any atom is -0.377 e. The van der Waals surface area contributed by atoms with E-state index in [9.17, 15) is 13.2 Å². The second kappa shape index (κ2) is 7.13. The van der Waals surface area contributed by atoms with Gasteiger partial charge in [-0.15, -0.1) is 0 Å². The molecule has 0 aromatic heterocycles. The second-order valence-electron chi connectivity index (χ2n) is 4.96. The lowest BCUT2D eigenvalue weighted by Crippen LogP contribution is -2.50. The highest BCUT2D eigenvalue weighted by Gasteiger charge is 2.28. The zero-order valence-electron chi connectivity index (χ0n) is 12.1. The van der Waals surface area contributed by atoms with E-state index in [0.29, 0.717) is 37.6 Å². The summed E-state index contributed by atoms with van der Waals surface area (Å²) in [6.45, 7) is 2.33. The molecule has 1 aromatic carbocycles. The predicted octanol–water partition coefficient (Wildman–Crippen LogP) is 0.208. The monoisotopic (exact) mass is 312 g/mol. The fraction of sp³-hybridized carbons (Fsp3) is 0.500. The molecule has 116 valence electrons. The second-order valence-corrected chi connectivity index (χ2v) is 6.90. The number of piperazine rings is 1. The summed E-state index contributed by atoms with van der Waals surface area (Å²) in [6.07, 6.45) is 0. The van der Waals surface area contributed by atoms with Crippen LogP contribution in [0, 0.1) is 0 Å². The Hall–Kier alpha value is -1.28. The highest BCUT2D eigenvalue weighted by Crippen LogP contribution is 2.16. The van der Waals surface area contributed by atoms with Crippen molar-refractivity contribution in [3.8, 4) is 0 Å². The Kier molecular flexibility index (Phi) is 5.46. The number of rotatable bonds is 6. The maximum Gasteiger partial charge on any atom is 0.243 e. The molecule has 0 amide bonds. The van der Waals surface area contributed by atoms with Crippen LogP contribution < -0.4 is 0 Å². The number of hydrogen-bond donors (Lipinski definition) is 0. The first-order chi connectivity index (χ1) is 10.0. The highest BCUT2D eigenvalue weighted by molar-refractivity contribution is 7.89. The van der Waals surface area contributed by atoms with E-state index in [0.717, 1.165) is 0 Å². The van der Waals surface area contributed by atoms with Gasteiger partial charge in [0.25, 0.3) is 0 Å². The number of hydrogen-bond acceptors (Lipinski definition) is 5. The van der Waals surface area contributed by atoms with Gasteiger partial charge in [0, 0.05) is 33.3 Å². The number of benzene rings is 1. The summed E-state index contributed by atoms with van der Waals surface area (Å²) in [4.78, 5) is 13.8. The molecule has 0 atom stereocenters. The van der Waals surface area contributed by atoms with Crippen molar-refractivity contribution in [2.75, 3.05) is 46.4 Å². The first-order valence-corrected chi connectivity index (χ1v) is 8.26. The molecular formula is C14H20N2O4S. The minimum atomic E-state index is -3.43. The molecule has 0 saturated carbocycles. The Labute approximate surface area is 125 Å². The maximum absolute atomic E-state index is 12.4. The van der Waals surface area contributed by atoms with E-state index in [1.54, 1.807) is 30.3 Å². The zero-order valence-corrected chi connectivity index (χ0v) is 12.9. The largest absolute Gasteiger partial charge is 0.377 e. The van der Waals surface area contributed by atoms with E-state index in [1.165, 1.54) is 11.4 Å². The first-order valence-electron chi connectivity index (χ1n) is 6.82. The van der Waals surface area contributed by atoms with E-state index in [4.69, 9.17) is 4.74 Å². The van der Waals surface area contributed by atoms with Gasteiger partial charge >= 0.3 is 0 Å². The molecule has 0 unspecified atom stereocenters. The van der Waals surface area contributed by atoms with Crippen LogP contribution in [0.2, 0.25) is 0 Å². The van der Waals surface area contributed by atoms with Gasteiger partial charge in [-0.3, -0.25) is 9.69 Å². The van der Waals surface area contributed by atoms with Crippen LogP contribution in [-0.2, 0) is 19.6 Å². The summed E-state index contributed by atoms with van der Waals surface area (Å²) in [6, 6.07) is 8.42. The van der Waals surface area contributed by atoms with Crippen molar-refractivity contribution in [2.45, 2.75) is 4.90 Å². The van der Waals surface area contributed by atoms with Crippen LogP contribution in [0.3, 0.4) is 0 Å². The van der Waals surface area contributed by atoms with Gasteiger partial charge in [-0.25, -0.2) is 8.42 Å². The molecule has 21 heavy (non-hydrogen) atoms. The molecule has 1 aliphatic heterocycles. The Morgan fingerprint density at radius 3 is 2.33 bits per heavy atom. The van der Waals surface area contributed by atoms with Crippen molar-refractivity contribution in [3.63, 3.8) is 0 Å². The number of Topliss-reactive ketones (excluding diaryl/α,β-unsaturated/α-hetero) is 1. The summed E-state index contributed by atoms with van der Waals surface area (Å²) in [5, 5.41) is 0. The number of sulfonamides is 1. The molecule has 0 radical (unpaired) electrons. The predicted molar refractivity (Wildman–Crippen MR) is 78.5 cm³/mol. The average molecular weight is 312 g/mol. The van der Waals surface area contributed by atoms with Crippen LogP contribution in [0.15, 0.2) is 35.2 Å². The van der Waals surface area contributed by atoms with Gasteiger partial charge in [-0.05, 0) is 12.1 Å². The quantitative estimate of drug-likeness (QED) is 0.751. The van der Waals surface area contributed by atoms with E-state index < -0.39 is 10.0 Å². The molecule has 1 aliphatic rings. The van der Waals surface area contributed by atoms with Crippen LogP contribution in [0.1, 0.15) is 0 Å². The third-order valence-corrected chi connectivity index (χ3v) is 5.33. The minimum absolute atomic E-state index is 0.0110. The number of carbonyl (C=O) groups excluding carboxylic acids is 1. The molecule has 6 nitrogen and oxygen atoms in total. The van der Waals surface area contributed by atoms with Gasteiger partial charge in [0.15, 0.2) is 5.78 Å². The Balaban J connectivity index is 1.93. The number of carbonyl (C=O) groups is 1. The van der Waals surface area contributed by atoms with E-state index in [2.05, 4.69) is 0 Å². The Morgan fingerprint density at radius 1 is 1.14 bits per heavy atom. The molecule has 0 aliphatic carbocycles. The summed E-state index contributed by atoms with van der Waals surface area (Å²) in [5.74, 6) is 0.0110. The van der Waals surface area contributed by atoms with Gasteiger partial charge in [-0.1, -0.05) is 18.2 Å². The summed E-state index contributed by atoms with van der Waals surface area (Å²) >= 11 is 0. The van der Waals surface area contributed by atoms with Crippen LogP contribution >= 0.6 is 0 Å². The molecule has 0 N–H and O–H groups in total. The number of ketones is 1. The third kappa shape index (κ3) is 4.10. The molecule has 1 heterocycles. The summed E-state index contributed by atoms with van der Waals surface area (Å²) in [5.41, 5.74) is 0. The van der Waals surface area contributed by atoms with E-state index >= 15 is 0 Å². The SMILES string of the molecule is COCC(=O)CN1CCN(S(=O)(=O)c2ccccc2)CC1. The van der Waals surface area contributed by atoms with Crippen molar-refractivity contribution >= 4 is 15.8 Å². The molecule has 1 fully saturated rings. The molecule has 1 saturated heterocycles. The Morgan fingerprint density at radius 2 is 1.76 bits per heavy atom. The highest BCUT2D eigenvalue weighted by atomic mass is 32.2. The van der Waals surface area contributed by atoms with Crippen LogP contribution in [0.4, 0.5) is 0 Å². The molecule has 1 aromatic rings.